The number of hydrogen-bond donors (Lipinski definition) is 0. The van der Waals surface area contributed by atoms with E-state index in [0.29, 0.717) is 17.2 Å². The first kappa shape index (κ1) is 22.2. The molecule has 1 amide bonds. The zero-order valence-corrected chi connectivity index (χ0v) is 20.7. The van der Waals surface area contributed by atoms with Crippen molar-refractivity contribution in [2.24, 2.45) is 0 Å². The van der Waals surface area contributed by atoms with Crippen LogP contribution in [0.2, 0.25) is 0 Å². The van der Waals surface area contributed by atoms with E-state index in [1.165, 1.54) is 17.6 Å². The number of fused-ring (bicyclic) bond motifs is 2. The smallest absolute Gasteiger partial charge is 0.242 e. The van der Waals surface area contributed by atoms with Gasteiger partial charge in [-0.05, 0) is 95.3 Å². The minimum atomic E-state index is -0.456. The molecule has 0 bridgehead atoms. The number of amides is 1. The molecule has 3 aliphatic rings. The highest BCUT2D eigenvalue weighted by Gasteiger charge is 2.52. The van der Waals surface area contributed by atoms with Gasteiger partial charge in [-0.3, -0.25) is 9.69 Å². The highest BCUT2D eigenvalue weighted by Crippen LogP contribution is 2.54. The predicted octanol–water partition coefficient (Wildman–Crippen LogP) is 7.39. The molecule has 2 saturated carbocycles. The molecule has 1 heterocycles. The number of allylic oxidation sites excluding steroid dienone is 1. The Balaban J connectivity index is 1.60. The summed E-state index contributed by atoms with van der Waals surface area (Å²) in [6, 6.07) is 14.7. The number of benzene rings is 2. The van der Waals surface area contributed by atoms with E-state index in [2.05, 4.69) is 40.2 Å². The maximum absolute atomic E-state index is 14.1. The van der Waals surface area contributed by atoms with E-state index in [9.17, 15) is 10.1 Å². The summed E-state index contributed by atoms with van der Waals surface area (Å²) in [5, 5.41) is 9.89. The lowest BCUT2D eigenvalue weighted by Crippen LogP contribution is -2.40. The van der Waals surface area contributed by atoms with E-state index in [1.54, 1.807) is 7.11 Å². The van der Waals surface area contributed by atoms with E-state index in [1.807, 2.05) is 29.4 Å². The summed E-state index contributed by atoms with van der Waals surface area (Å²) in [6.07, 6.45) is 11.3. The topological polar surface area (TPSA) is 53.3 Å². The van der Waals surface area contributed by atoms with E-state index in [4.69, 9.17) is 4.74 Å². The van der Waals surface area contributed by atoms with Crippen LogP contribution in [0.1, 0.15) is 80.4 Å². The first-order valence-corrected chi connectivity index (χ1v) is 12.8. The Kier molecular flexibility index (Phi) is 6.05. The number of anilines is 2. The molecule has 0 atom stereocenters. The molecule has 2 aromatic rings. The second kappa shape index (κ2) is 8.99. The summed E-state index contributed by atoms with van der Waals surface area (Å²) < 4.78 is 5.94. The number of hydrogen-bond acceptors (Lipinski definition) is 3. The molecule has 2 aliphatic carbocycles. The molecule has 0 unspecified atom stereocenters. The standard InChI is InChI=1S/C28H29BrN2O2/c1-33-18-19-8-10-20(11-9-19)21-12-13-23-26(16-21)31(25-7-5-6-24(29)22(25)17-30)27(32)28(23)14-3-2-4-15-28/h5-7,12-13,16,18,20H,2-4,8-11,14-15H2,1H3. The first-order chi connectivity index (χ1) is 16.1. The fraction of sp³-hybridized carbons (Fsp3) is 0.429. The Morgan fingerprint density at radius 3 is 2.58 bits per heavy atom. The van der Waals surface area contributed by atoms with Gasteiger partial charge in [-0.1, -0.05) is 37.5 Å². The zero-order chi connectivity index (χ0) is 23.0. The van der Waals surface area contributed by atoms with E-state index < -0.39 is 5.41 Å². The van der Waals surface area contributed by atoms with Gasteiger partial charge in [0.1, 0.15) is 6.07 Å². The van der Waals surface area contributed by atoms with Crippen molar-refractivity contribution < 1.29 is 9.53 Å². The number of ether oxygens (including phenoxy) is 1. The second-order valence-electron chi connectivity index (χ2n) is 9.59. The molecule has 5 heteroatoms. The molecule has 33 heavy (non-hydrogen) atoms. The van der Waals surface area contributed by atoms with Gasteiger partial charge in [0.05, 0.1) is 35.7 Å². The Labute approximate surface area is 204 Å². The van der Waals surface area contributed by atoms with Crippen LogP contribution in [0.25, 0.3) is 0 Å². The van der Waals surface area contributed by atoms with Crippen molar-refractivity contribution in [3.63, 3.8) is 0 Å². The van der Waals surface area contributed by atoms with Crippen molar-refractivity contribution in [2.45, 2.75) is 69.1 Å². The molecule has 5 rings (SSSR count). The molecular weight excluding hydrogens is 476 g/mol. The highest BCUT2D eigenvalue weighted by atomic mass is 79.9. The van der Waals surface area contributed by atoms with E-state index in [-0.39, 0.29) is 5.91 Å². The Morgan fingerprint density at radius 1 is 1.12 bits per heavy atom. The molecule has 0 radical (unpaired) electrons. The predicted molar refractivity (Wildman–Crippen MR) is 134 cm³/mol. The zero-order valence-electron chi connectivity index (χ0n) is 19.1. The molecular formula is C28H29BrN2O2. The third-order valence-corrected chi connectivity index (χ3v) is 8.49. The SMILES string of the molecule is COC=C1CCC(c2ccc3c(c2)N(c2cccc(Br)c2C#N)C(=O)C32CCCCC2)CC1. The molecule has 1 spiro atoms. The number of nitriles is 1. The van der Waals surface area contributed by atoms with Crippen molar-refractivity contribution in [2.75, 3.05) is 12.0 Å². The van der Waals surface area contributed by atoms with Gasteiger partial charge >= 0.3 is 0 Å². The van der Waals surface area contributed by atoms with Gasteiger partial charge in [-0.15, -0.1) is 0 Å². The van der Waals surface area contributed by atoms with Gasteiger partial charge in [0, 0.05) is 4.47 Å². The molecule has 2 aromatic carbocycles. The van der Waals surface area contributed by atoms with Crippen LogP contribution in [0.5, 0.6) is 0 Å². The fourth-order valence-corrected chi connectivity index (χ4v) is 6.57. The fourth-order valence-electron chi connectivity index (χ4n) is 6.12. The second-order valence-corrected chi connectivity index (χ2v) is 10.4. The van der Waals surface area contributed by atoms with Gasteiger partial charge in [0.15, 0.2) is 0 Å². The van der Waals surface area contributed by atoms with Crippen molar-refractivity contribution in [3.8, 4) is 6.07 Å². The van der Waals surface area contributed by atoms with Gasteiger partial charge in [0.2, 0.25) is 5.91 Å². The van der Waals surface area contributed by atoms with Crippen LogP contribution in [0.4, 0.5) is 11.4 Å². The summed E-state index contributed by atoms with van der Waals surface area (Å²) in [5.41, 5.74) is 5.55. The summed E-state index contributed by atoms with van der Waals surface area (Å²) in [4.78, 5) is 16.0. The van der Waals surface area contributed by atoms with Crippen molar-refractivity contribution in [3.05, 3.63) is 69.4 Å². The van der Waals surface area contributed by atoms with Gasteiger partial charge in [0.25, 0.3) is 0 Å². The number of halogens is 1. The molecule has 2 fully saturated rings. The van der Waals surface area contributed by atoms with Crippen molar-refractivity contribution >= 4 is 33.2 Å². The van der Waals surface area contributed by atoms with Gasteiger partial charge < -0.3 is 4.74 Å². The summed E-state index contributed by atoms with van der Waals surface area (Å²) in [6.45, 7) is 0. The average molecular weight is 505 g/mol. The van der Waals surface area contributed by atoms with Crippen LogP contribution in [0, 0.1) is 11.3 Å². The summed E-state index contributed by atoms with van der Waals surface area (Å²) in [7, 11) is 1.71. The Morgan fingerprint density at radius 2 is 1.88 bits per heavy atom. The molecule has 1 aliphatic heterocycles. The summed E-state index contributed by atoms with van der Waals surface area (Å²) in [5.74, 6) is 0.611. The number of methoxy groups -OCH3 is 1. The van der Waals surface area contributed by atoms with Crippen LogP contribution in [-0.2, 0) is 14.9 Å². The third kappa shape index (κ3) is 3.69. The maximum atomic E-state index is 14.1. The first-order valence-electron chi connectivity index (χ1n) is 12.0. The van der Waals surface area contributed by atoms with Gasteiger partial charge in [-0.2, -0.15) is 5.26 Å². The van der Waals surface area contributed by atoms with Crippen LogP contribution >= 0.6 is 15.9 Å². The van der Waals surface area contributed by atoms with Crippen molar-refractivity contribution in [1.29, 1.82) is 5.26 Å². The van der Waals surface area contributed by atoms with Crippen molar-refractivity contribution in [1.82, 2.24) is 0 Å². The number of rotatable bonds is 3. The number of nitrogens with zero attached hydrogens (tertiary/aromatic N) is 2. The Hall–Kier alpha value is -2.58. The molecule has 170 valence electrons. The highest BCUT2D eigenvalue weighted by molar-refractivity contribution is 9.10. The van der Waals surface area contributed by atoms with Crippen LogP contribution in [0.15, 0.2) is 52.7 Å². The lowest BCUT2D eigenvalue weighted by molar-refractivity contribution is -0.123. The minimum absolute atomic E-state index is 0.137. The molecule has 0 saturated heterocycles. The quantitative estimate of drug-likeness (QED) is 0.409. The lowest BCUT2D eigenvalue weighted by atomic mass is 9.70. The molecule has 0 aromatic heterocycles. The Bertz CT molecular complexity index is 1150. The summed E-state index contributed by atoms with van der Waals surface area (Å²) >= 11 is 3.52. The van der Waals surface area contributed by atoms with Crippen LogP contribution < -0.4 is 4.90 Å². The minimum Gasteiger partial charge on any atom is -0.504 e. The number of carbonyl (C=O) groups is 1. The third-order valence-electron chi connectivity index (χ3n) is 7.83. The van der Waals surface area contributed by atoms with Gasteiger partial charge in [-0.25, -0.2) is 0 Å². The molecule has 4 nitrogen and oxygen atoms in total. The number of carbonyl (C=O) groups excluding carboxylic acids is 1. The van der Waals surface area contributed by atoms with Crippen LogP contribution in [0.3, 0.4) is 0 Å². The van der Waals surface area contributed by atoms with E-state index in [0.717, 1.165) is 67.1 Å². The lowest BCUT2D eigenvalue weighted by Gasteiger charge is -2.32. The molecule has 0 N–H and O–H groups in total. The largest absolute Gasteiger partial charge is 0.504 e. The van der Waals surface area contributed by atoms with E-state index >= 15 is 0 Å². The van der Waals surface area contributed by atoms with Crippen LogP contribution in [-0.4, -0.2) is 13.0 Å². The monoisotopic (exact) mass is 504 g/mol. The normalized spacial score (nSPS) is 21.6. The maximum Gasteiger partial charge on any atom is 0.242 e. The average Bonchev–Trinajstić information content (AvgIpc) is 3.07.